The van der Waals surface area contributed by atoms with Gasteiger partial charge in [-0.1, -0.05) is 29.8 Å². The molecule has 0 bridgehead atoms. The van der Waals surface area contributed by atoms with E-state index in [1.165, 1.54) is 10.4 Å². The number of nitrogens with zero attached hydrogens (tertiary/aromatic N) is 2. The maximum absolute atomic E-state index is 13.1. The second-order valence-electron chi connectivity index (χ2n) is 8.33. The minimum atomic E-state index is 0.0635. The number of amides is 1. The number of benzene rings is 1. The van der Waals surface area contributed by atoms with Crippen LogP contribution in [0.15, 0.2) is 24.3 Å². The Balaban J connectivity index is 1.50. The van der Waals surface area contributed by atoms with Crippen LogP contribution in [0.5, 0.6) is 0 Å². The number of hydrogen-bond acceptors (Lipinski definition) is 4. The van der Waals surface area contributed by atoms with Gasteiger partial charge in [-0.2, -0.15) is 0 Å². The quantitative estimate of drug-likeness (QED) is 0.854. The van der Waals surface area contributed by atoms with Crippen LogP contribution in [0.3, 0.4) is 0 Å². The van der Waals surface area contributed by atoms with Gasteiger partial charge in [-0.05, 0) is 58.5 Å². The van der Waals surface area contributed by atoms with Crippen molar-refractivity contribution in [1.29, 1.82) is 0 Å². The molecule has 5 heteroatoms. The summed E-state index contributed by atoms with van der Waals surface area (Å²) in [5, 5.41) is 4.45. The molecule has 27 heavy (non-hydrogen) atoms. The Hall–Kier alpha value is -1.72. The predicted molar refractivity (Wildman–Crippen MR) is 111 cm³/mol. The third-order valence-corrected chi connectivity index (χ3v) is 7.90. The Labute approximate surface area is 166 Å². The molecule has 2 aromatic rings. The van der Waals surface area contributed by atoms with Crippen molar-refractivity contribution in [3.63, 3.8) is 0 Å². The third kappa shape index (κ3) is 3.43. The minimum Gasteiger partial charge on any atom is -0.338 e. The normalized spacial score (nSPS) is 21.9. The number of aromatic nitrogens is 1. The first-order chi connectivity index (χ1) is 12.9. The van der Waals surface area contributed by atoms with Crippen LogP contribution in [0.2, 0.25) is 0 Å². The molecule has 1 amide bonds. The molecule has 1 N–H and O–H groups in total. The standard InChI is InChI=1S/C22H29N3OS/c1-14-5-7-17(8-6-14)20-24-15(2)19(27-20)16(3)25(4)21(26)18-13-22(18)9-11-23-12-10-22/h5-8,16,18,23H,9-13H2,1-4H3. The molecule has 1 aromatic heterocycles. The van der Waals surface area contributed by atoms with Crippen LogP contribution in [-0.2, 0) is 4.79 Å². The van der Waals surface area contributed by atoms with Gasteiger partial charge in [0.1, 0.15) is 5.01 Å². The topological polar surface area (TPSA) is 45.2 Å². The number of hydrogen-bond donors (Lipinski definition) is 1. The zero-order chi connectivity index (χ0) is 19.2. The number of nitrogens with one attached hydrogen (secondary N) is 1. The summed E-state index contributed by atoms with van der Waals surface area (Å²) in [7, 11) is 1.96. The molecule has 1 aliphatic heterocycles. The smallest absolute Gasteiger partial charge is 0.226 e. The number of aryl methyl sites for hydroxylation is 2. The van der Waals surface area contributed by atoms with Crippen LogP contribution in [0, 0.1) is 25.2 Å². The van der Waals surface area contributed by atoms with Gasteiger partial charge in [-0.25, -0.2) is 4.98 Å². The number of carbonyl (C=O) groups excluding carboxylic acids is 1. The molecule has 1 saturated heterocycles. The maximum atomic E-state index is 13.1. The fourth-order valence-electron chi connectivity index (χ4n) is 4.40. The first-order valence-corrected chi connectivity index (χ1v) is 10.7. The highest BCUT2D eigenvalue weighted by Gasteiger charge is 2.58. The lowest BCUT2D eigenvalue weighted by Gasteiger charge is -2.28. The average molecular weight is 384 g/mol. The summed E-state index contributed by atoms with van der Waals surface area (Å²) in [5.41, 5.74) is 3.72. The fraction of sp³-hybridized carbons (Fsp3) is 0.545. The second kappa shape index (κ2) is 7.02. The van der Waals surface area contributed by atoms with Crippen molar-refractivity contribution in [2.24, 2.45) is 11.3 Å². The van der Waals surface area contributed by atoms with Crippen molar-refractivity contribution < 1.29 is 4.79 Å². The number of rotatable bonds is 4. The second-order valence-corrected chi connectivity index (χ2v) is 9.36. The summed E-state index contributed by atoms with van der Waals surface area (Å²) >= 11 is 1.72. The first kappa shape index (κ1) is 18.6. The molecule has 4 rings (SSSR count). The van der Waals surface area contributed by atoms with Crippen LogP contribution in [-0.4, -0.2) is 35.9 Å². The maximum Gasteiger partial charge on any atom is 0.226 e. The third-order valence-electron chi connectivity index (χ3n) is 6.53. The van der Waals surface area contributed by atoms with E-state index in [0.29, 0.717) is 5.91 Å². The summed E-state index contributed by atoms with van der Waals surface area (Å²) in [5.74, 6) is 0.533. The van der Waals surface area contributed by atoms with Crippen LogP contribution >= 0.6 is 11.3 Å². The van der Waals surface area contributed by atoms with Crippen molar-refractivity contribution in [2.75, 3.05) is 20.1 Å². The molecule has 2 atom stereocenters. The van der Waals surface area contributed by atoms with Crippen LogP contribution in [0.4, 0.5) is 0 Å². The van der Waals surface area contributed by atoms with E-state index < -0.39 is 0 Å². The van der Waals surface area contributed by atoms with Gasteiger partial charge in [-0.15, -0.1) is 11.3 Å². The van der Waals surface area contributed by atoms with Crippen molar-refractivity contribution in [3.8, 4) is 10.6 Å². The van der Waals surface area contributed by atoms with Gasteiger partial charge < -0.3 is 10.2 Å². The minimum absolute atomic E-state index is 0.0635. The monoisotopic (exact) mass is 383 g/mol. The van der Waals surface area contributed by atoms with E-state index in [9.17, 15) is 4.79 Å². The van der Waals surface area contributed by atoms with Gasteiger partial charge in [0.2, 0.25) is 5.91 Å². The molecule has 4 nitrogen and oxygen atoms in total. The van der Waals surface area contributed by atoms with Crippen LogP contribution in [0.1, 0.15) is 48.4 Å². The lowest BCUT2D eigenvalue weighted by molar-refractivity contribution is -0.134. The highest BCUT2D eigenvalue weighted by molar-refractivity contribution is 7.15. The van der Waals surface area contributed by atoms with E-state index in [0.717, 1.165) is 48.6 Å². The molecule has 2 fully saturated rings. The summed E-state index contributed by atoms with van der Waals surface area (Å²) in [6.07, 6.45) is 3.35. The highest BCUT2D eigenvalue weighted by atomic mass is 32.1. The van der Waals surface area contributed by atoms with Crippen molar-refractivity contribution in [3.05, 3.63) is 40.4 Å². The molecule has 2 unspecified atom stereocenters. The lowest BCUT2D eigenvalue weighted by atomic mass is 9.91. The zero-order valence-electron chi connectivity index (χ0n) is 16.7. The largest absolute Gasteiger partial charge is 0.338 e. The first-order valence-electron chi connectivity index (χ1n) is 9.93. The van der Waals surface area contributed by atoms with Gasteiger partial charge in [0.05, 0.1) is 16.6 Å². The Kier molecular flexibility index (Phi) is 4.85. The summed E-state index contributed by atoms with van der Waals surface area (Å²) in [6.45, 7) is 8.39. The molecule has 1 aliphatic carbocycles. The predicted octanol–water partition coefficient (Wildman–Crippen LogP) is 4.34. The van der Waals surface area contributed by atoms with E-state index in [1.807, 2.05) is 11.9 Å². The molecule has 2 heterocycles. The van der Waals surface area contributed by atoms with Crippen molar-refractivity contribution in [2.45, 2.75) is 46.1 Å². The molecule has 1 saturated carbocycles. The van der Waals surface area contributed by atoms with Gasteiger partial charge in [0.25, 0.3) is 0 Å². The van der Waals surface area contributed by atoms with Crippen molar-refractivity contribution in [1.82, 2.24) is 15.2 Å². The molecular formula is C22H29N3OS. The molecule has 1 spiro atoms. The summed E-state index contributed by atoms with van der Waals surface area (Å²) < 4.78 is 0. The number of thiazole rings is 1. The molecule has 1 aromatic carbocycles. The Bertz CT molecular complexity index is 836. The highest BCUT2D eigenvalue weighted by Crippen LogP contribution is 2.59. The van der Waals surface area contributed by atoms with Gasteiger partial charge in [0, 0.05) is 18.5 Å². The lowest BCUT2D eigenvalue weighted by Crippen LogP contribution is -2.35. The van der Waals surface area contributed by atoms with Gasteiger partial charge in [0.15, 0.2) is 0 Å². The SMILES string of the molecule is Cc1ccc(-c2nc(C)c(C(C)N(C)C(=O)C3CC34CCNCC4)s2)cc1. The Morgan fingerprint density at radius 1 is 1.26 bits per heavy atom. The fourth-order valence-corrected chi connectivity index (χ4v) is 5.57. The summed E-state index contributed by atoms with van der Waals surface area (Å²) in [4.78, 5) is 21.1. The Morgan fingerprint density at radius 3 is 2.59 bits per heavy atom. The van der Waals surface area contributed by atoms with E-state index in [2.05, 4.69) is 50.4 Å². The number of carbonyl (C=O) groups is 1. The van der Waals surface area contributed by atoms with Crippen molar-refractivity contribution >= 4 is 17.2 Å². The molecule has 144 valence electrons. The van der Waals surface area contributed by atoms with Crippen LogP contribution < -0.4 is 5.32 Å². The van der Waals surface area contributed by atoms with Crippen LogP contribution in [0.25, 0.3) is 10.6 Å². The van der Waals surface area contributed by atoms with E-state index in [-0.39, 0.29) is 17.4 Å². The molecular weight excluding hydrogens is 354 g/mol. The number of piperidine rings is 1. The molecule has 0 radical (unpaired) electrons. The van der Waals surface area contributed by atoms with E-state index in [4.69, 9.17) is 4.98 Å². The average Bonchev–Trinajstić information content (AvgIpc) is 3.21. The van der Waals surface area contributed by atoms with Gasteiger partial charge in [-0.3, -0.25) is 4.79 Å². The zero-order valence-corrected chi connectivity index (χ0v) is 17.5. The molecule has 2 aliphatic rings. The van der Waals surface area contributed by atoms with E-state index in [1.54, 1.807) is 11.3 Å². The van der Waals surface area contributed by atoms with E-state index >= 15 is 0 Å². The Morgan fingerprint density at radius 2 is 1.93 bits per heavy atom. The summed E-state index contributed by atoms with van der Waals surface area (Å²) in [6, 6.07) is 8.56. The van der Waals surface area contributed by atoms with Gasteiger partial charge >= 0.3 is 0 Å².